The van der Waals surface area contributed by atoms with Crippen molar-refractivity contribution >= 4 is 38.9 Å². The maximum absolute atomic E-state index is 14.3. The third kappa shape index (κ3) is 4.18. The van der Waals surface area contributed by atoms with Crippen molar-refractivity contribution in [3.63, 3.8) is 0 Å². The van der Waals surface area contributed by atoms with Crippen LogP contribution in [0.25, 0.3) is 0 Å². The second-order valence-electron chi connectivity index (χ2n) is 5.28. The van der Waals surface area contributed by atoms with E-state index >= 15 is 0 Å². The summed E-state index contributed by atoms with van der Waals surface area (Å²) in [6, 6.07) is 16.0. The van der Waals surface area contributed by atoms with E-state index in [1.807, 2.05) is 6.07 Å². The highest BCUT2D eigenvalue weighted by Crippen LogP contribution is 2.14. The Kier molecular flexibility index (Phi) is 5.28. The van der Waals surface area contributed by atoms with Gasteiger partial charge >= 0.3 is 5.69 Å². The van der Waals surface area contributed by atoms with Gasteiger partial charge in [-0.1, -0.05) is 36.4 Å². The Balaban J connectivity index is 1.87. The molecule has 0 spiro atoms. The van der Waals surface area contributed by atoms with E-state index in [4.69, 9.17) is 12.2 Å². The number of rotatable bonds is 4. The van der Waals surface area contributed by atoms with Crippen molar-refractivity contribution in [2.24, 2.45) is 0 Å². The molecule has 2 N–H and O–H groups in total. The molecular weight excluding hydrogens is 391 g/mol. The molecular formula is C17H13FN4O3S2. The molecule has 10 heteroatoms. The first-order valence-corrected chi connectivity index (χ1v) is 9.45. The summed E-state index contributed by atoms with van der Waals surface area (Å²) >= 11 is 5.05. The van der Waals surface area contributed by atoms with Gasteiger partial charge in [-0.25, -0.2) is 17.6 Å². The van der Waals surface area contributed by atoms with Crippen LogP contribution in [0.2, 0.25) is 0 Å². The van der Waals surface area contributed by atoms with Gasteiger partial charge in [-0.15, -0.1) is 0 Å². The first kappa shape index (κ1) is 18.7. The summed E-state index contributed by atoms with van der Waals surface area (Å²) in [6.45, 7) is 0. The van der Waals surface area contributed by atoms with E-state index in [2.05, 4.69) is 15.6 Å². The number of hydrogen-bond acceptors (Lipinski definition) is 5. The second-order valence-corrected chi connectivity index (χ2v) is 7.50. The molecule has 3 aromatic rings. The molecule has 0 fully saturated rings. The van der Waals surface area contributed by atoms with Gasteiger partial charge in [0.05, 0.1) is 11.1 Å². The van der Waals surface area contributed by atoms with Crippen molar-refractivity contribution in [3.05, 3.63) is 83.2 Å². The Morgan fingerprint density at radius 3 is 2.22 bits per heavy atom. The normalized spacial score (nSPS) is 11.0. The summed E-state index contributed by atoms with van der Waals surface area (Å²) in [5.41, 5.74) is -0.513. The highest BCUT2D eigenvalue weighted by Gasteiger charge is 2.21. The average molecular weight is 404 g/mol. The summed E-state index contributed by atoms with van der Waals surface area (Å²) in [5, 5.41) is 5.23. The number of aromatic nitrogens is 2. The molecule has 27 heavy (non-hydrogen) atoms. The van der Waals surface area contributed by atoms with Crippen LogP contribution in [-0.4, -0.2) is 22.5 Å². The van der Waals surface area contributed by atoms with Crippen molar-refractivity contribution < 1.29 is 12.8 Å². The number of thiocarbonyl (C=S) groups is 1. The molecule has 2 aromatic carbocycles. The topological polar surface area (TPSA) is 93.1 Å². The van der Waals surface area contributed by atoms with Gasteiger partial charge in [0.2, 0.25) is 0 Å². The quantitative estimate of drug-likeness (QED) is 0.645. The van der Waals surface area contributed by atoms with Gasteiger partial charge in [-0.05, 0) is 36.5 Å². The maximum atomic E-state index is 14.3. The smallest absolute Gasteiger partial charge is 0.332 e. The molecule has 0 aliphatic carbocycles. The van der Waals surface area contributed by atoms with Crippen molar-refractivity contribution in [2.45, 2.75) is 4.90 Å². The minimum atomic E-state index is -4.26. The molecule has 3 rings (SSSR count). The molecule has 0 atom stereocenters. The number of nitrogens with one attached hydrogen (secondary N) is 2. The Labute approximate surface area is 159 Å². The first-order chi connectivity index (χ1) is 12.9. The second kappa shape index (κ2) is 7.64. The lowest BCUT2D eigenvalue weighted by Crippen LogP contribution is -2.32. The van der Waals surface area contributed by atoms with Gasteiger partial charge in [0.1, 0.15) is 0 Å². The van der Waals surface area contributed by atoms with Gasteiger partial charge in [0.25, 0.3) is 10.0 Å². The highest BCUT2D eigenvalue weighted by molar-refractivity contribution is 7.90. The molecule has 0 radical (unpaired) electrons. The summed E-state index contributed by atoms with van der Waals surface area (Å²) in [7, 11) is -4.26. The van der Waals surface area contributed by atoms with Gasteiger partial charge in [-0.2, -0.15) is 8.96 Å². The van der Waals surface area contributed by atoms with Crippen LogP contribution in [-0.2, 0) is 10.0 Å². The van der Waals surface area contributed by atoms with Gasteiger partial charge in [0.15, 0.2) is 16.7 Å². The van der Waals surface area contributed by atoms with Crippen molar-refractivity contribution in [2.75, 3.05) is 10.6 Å². The lowest BCUT2D eigenvalue weighted by Gasteiger charge is -2.12. The molecule has 0 unspecified atom stereocenters. The van der Waals surface area contributed by atoms with Crippen LogP contribution in [0.15, 0.2) is 76.6 Å². The van der Waals surface area contributed by atoms with Crippen LogP contribution in [0.4, 0.5) is 15.9 Å². The minimum absolute atomic E-state index is 0.00401. The molecule has 138 valence electrons. The lowest BCUT2D eigenvalue weighted by atomic mass is 10.3. The van der Waals surface area contributed by atoms with E-state index < -0.39 is 27.3 Å². The molecule has 1 aromatic heterocycles. The van der Waals surface area contributed by atoms with Gasteiger partial charge < -0.3 is 10.6 Å². The predicted octanol–water partition coefficient (Wildman–Crippen LogP) is 2.43. The molecule has 1 heterocycles. The molecule has 0 saturated heterocycles. The number of anilines is 2. The first-order valence-electron chi connectivity index (χ1n) is 7.61. The van der Waals surface area contributed by atoms with E-state index in [-0.39, 0.29) is 14.0 Å². The van der Waals surface area contributed by atoms with Crippen LogP contribution in [0.1, 0.15) is 0 Å². The highest BCUT2D eigenvalue weighted by atomic mass is 32.2. The minimum Gasteiger partial charge on any atom is -0.332 e. The fraction of sp³-hybridized carbons (Fsp3) is 0. The number of hydrogen-bond donors (Lipinski definition) is 2. The van der Waals surface area contributed by atoms with E-state index in [9.17, 15) is 17.6 Å². The fourth-order valence-corrected chi connectivity index (χ4v) is 3.60. The molecule has 0 amide bonds. The van der Waals surface area contributed by atoms with Crippen molar-refractivity contribution in [1.82, 2.24) is 8.96 Å². The van der Waals surface area contributed by atoms with E-state index in [0.717, 1.165) is 0 Å². The molecule has 0 aliphatic heterocycles. The van der Waals surface area contributed by atoms with E-state index in [0.29, 0.717) is 11.9 Å². The third-order valence-electron chi connectivity index (χ3n) is 3.42. The Morgan fingerprint density at radius 2 is 1.59 bits per heavy atom. The van der Waals surface area contributed by atoms with Crippen LogP contribution in [0, 0.1) is 5.82 Å². The van der Waals surface area contributed by atoms with E-state index in [1.54, 1.807) is 30.3 Å². The Morgan fingerprint density at radius 1 is 1.00 bits per heavy atom. The summed E-state index contributed by atoms with van der Waals surface area (Å²) in [5.74, 6) is -1.53. The van der Waals surface area contributed by atoms with Crippen molar-refractivity contribution in [3.8, 4) is 0 Å². The molecule has 0 aliphatic rings. The standard InChI is InChI=1S/C17H13FN4O3S2/c18-14-11-22(27(24,25)13-9-5-2-6-10-13)17(23)21-15(14)20-16(26)19-12-7-3-1-4-8-12/h1-11H,(H2,19,20,21,23,26). The average Bonchev–Trinajstić information content (AvgIpc) is 2.65. The zero-order valence-corrected chi connectivity index (χ0v) is 15.3. The summed E-state index contributed by atoms with van der Waals surface area (Å²) in [4.78, 5) is 15.5. The largest absolute Gasteiger partial charge is 0.363 e. The molecule has 0 bridgehead atoms. The SMILES string of the molecule is O=c1nc(NC(=S)Nc2ccccc2)c(F)cn1S(=O)(=O)c1ccccc1. The Hall–Kier alpha value is -3.11. The zero-order chi connectivity index (χ0) is 19.4. The fourth-order valence-electron chi connectivity index (χ4n) is 2.17. The zero-order valence-electron chi connectivity index (χ0n) is 13.7. The summed E-state index contributed by atoms with van der Waals surface area (Å²) < 4.78 is 39.5. The number of nitrogens with zero attached hydrogens (tertiary/aromatic N) is 2. The monoisotopic (exact) mass is 404 g/mol. The number of para-hydroxylation sites is 1. The maximum Gasteiger partial charge on any atom is 0.363 e. The van der Waals surface area contributed by atoms with Crippen LogP contribution < -0.4 is 16.3 Å². The van der Waals surface area contributed by atoms with E-state index in [1.165, 1.54) is 24.3 Å². The van der Waals surface area contributed by atoms with Crippen LogP contribution >= 0.6 is 12.2 Å². The summed E-state index contributed by atoms with van der Waals surface area (Å²) in [6.07, 6.45) is 0.561. The van der Waals surface area contributed by atoms with Crippen molar-refractivity contribution in [1.29, 1.82) is 0 Å². The third-order valence-corrected chi connectivity index (χ3v) is 5.27. The van der Waals surface area contributed by atoms with Crippen LogP contribution in [0.5, 0.6) is 0 Å². The number of halogens is 1. The van der Waals surface area contributed by atoms with Gasteiger partial charge in [0, 0.05) is 5.69 Å². The lowest BCUT2D eigenvalue weighted by molar-refractivity contribution is 0.572. The van der Waals surface area contributed by atoms with Crippen LogP contribution in [0.3, 0.4) is 0 Å². The predicted molar refractivity (Wildman–Crippen MR) is 104 cm³/mol. The molecule has 0 saturated carbocycles. The number of benzene rings is 2. The Bertz CT molecular complexity index is 1130. The molecule has 7 nitrogen and oxygen atoms in total. The van der Waals surface area contributed by atoms with Gasteiger partial charge in [-0.3, -0.25) is 0 Å².